The van der Waals surface area contributed by atoms with Gasteiger partial charge in [-0.3, -0.25) is 9.48 Å². The van der Waals surface area contributed by atoms with Gasteiger partial charge in [-0.05, 0) is 62.7 Å². The number of methoxy groups -OCH3 is 1. The van der Waals surface area contributed by atoms with E-state index in [-0.39, 0.29) is 18.3 Å². The topological polar surface area (TPSA) is 78.5 Å². The van der Waals surface area contributed by atoms with E-state index < -0.39 is 0 Å². The van der Waals surface area contributed by atoms with Gasteiger partial charge in [0.2, 0.25) is 0 Å². The van der Waals surface area contributed by atoms with Crippen molar-refractivity contribution in [1.82, 2.24) is 9.78 Å². The predicted octanol–water partition coefficient (Wildman–Crippen LogP) is 5.29. The molecule has 2 aromatic heterocycles. The Kier molecular flexibility index (Phi) is 6.49. The lowest BCUT2D eigenvalue weighted by molar-refractivity contribution is 0.0992. The van der Waals surface area contributed by atoms with Crippen LogP contribution in [0.25, 0.3) is 0 Å². The molecule has 1 N–H and O–H groups in total. The molecule has 0 aliphatic rings. The number of furan rings is 1. The van der Waals surface area contributed by atoms with Crippen molar-refractivity contribution in [2.24, 2.45) is 0 Å². The first-order chi connectivity index (χ1) is 15.9. The Labute approximate surface area is 192 Å². The summed E-state index contributed by atoms with van der Waals surface area (Å²) in [5.74, 6) is 1.89. The van der Waals surface area contributed by atoms with Crippen molar-refractivity contribution in [3.8, 4) is 11.5 Å². The summed E-state index contributed by atoms with van der Waals surface area (Å²) in [5.41, 5.74) is 4.70. The molecule has 0 spiro atoms. The molecule has 0 fully saturated rings. The van der Waals surface area contributed by atoms with Crippen molar-refractivity contribution in [1.29, 1.82) is 0 Å². The predicted molar refractivity (Wildman–Crippen MR) is 126 cm³/mol. The summed E-state index contributed by atoms with van der Waals surface area (Å²) in [6.45, 7) is 6.74. The zero-order chi connectivity index (χ0) is 23.4. The van der Waals surface area contributed by atoms with Gasteiger partial charge in [-0.2, -0.15) is 5.10 Å². The second-order valence-electron chi connectivity index (χ2n) is 7.87. The van der Waals surface area contributed by atoms with E-state index in [4.69, 9.17) is 13.9 Å². The number of carbonyl (C=O) groups excluding carboxylic acids is 1. The largest absolute Gasteiger partial charge is 0.497 e. The molecule has 33 heavy (non-hydrogen) atoms. The molecule has 0 radical (unpaired) electrons. The molecule has 4 aromatic rings. The molecule has 0 saturated heterocycles. The molecule has 0 aliphatic heterocycles. The summed E-state index contributed by atoms with van der Waals surface area (Å²) in [5, 5.41) is 7.54. The zero-order valence-corrected chi connectivity index (χ0v) is 19.2. The van der Waals surface area contributed by atoms with Crippen molar-refractivity contribution in [3.63, 3.8) is 0 Å². The van der Waals surface area contributed by atoms with Crippen molar-refractivity contribution in [3.05, 3.63) is 94.7 Å². The average molecular weight is 446 g/mol. The number of carbonyl (C=O) groups is 1. The first-order valence-corrected chi connectivity index (χ1v) is 10.7. The number of amides is 1. The molecule has 0 atom stereocenters. The Morgan fingerprint density at radius 1 is 0.970 bits per heavy atom. The number of nitrogens with zero attached hydrogens (tertiary/aromatic N) is 2. The molecule has 7 nitrogen and oxygen atoms in total. The maximum absolute atomic E-state index is 12.8. The van der Waals surface area contributed by atoms with Gasteiger partial charge >= 0.3 is 0 Å². The number of rotatable bonds is 8. The van der Waals surface area contributed by atoms with E-state index >= 15 is 0 Å². The summed E-state index contributed by atoms with van der Waals surface area (Å²) in [7, 11) is 1.61. The number of anilines is 1. The quantitative estimate of drug-likeness (QED) is 0.399. The highest BCUT2D eigenvalue weighted by Crippen LogP contribution is 2.23. The standard InChI is InChI=1S/C26H27N3O4/c1-17-5-7-20(8-6-17)15-29-19(3)25(18(2)28-29)27-26(30)24-14-13-23(33-24)16-32-22-11-9-21(31-4)10-12-22/h5-14H,15-16H2,1-4H3,(H,27,30). The van der Waals surface area contributed by atoms with Crippen LogP contribution < -0.4 is 14.8 Å². The fourth-order valence-corrected chi connectivity index (χ4v) is 3.48. The second kappa shape index (κ2) is 9.65. The van der Waals surface area contributed by atoms with E-state index in [2.05, 4.69) is 41.6 Å². The molecule has 1 amide bonds. The lowest BCUT2D eigenvalue weighted by Gasteiger charge is -2.07. The van der Waals surface area contributed by atoms with Gasteiger partial charge in [0, 0.05) is 0 Å². The van der Waals surface area contributed by atoms with Gasteiger partial charge in [0.15, 0.2) is 5.76 Å². The number of nitrogens with one attached hydrogen (secondary N) is 1. The van der Waals surface area contributed by atoms with Crippen LogP contribution >= 0.6 is 0 Å². The van der Waals surface area contributed by atoms with Crippen LogP contribution in [0.1, 0.15) is 38.8 Å². The lowest BCUT2D eigenvalue weighted by Crippen LogP contribution is -2.12. The highest BCUT2D eigenvalue weighted by Gasteiger charge is 2.18. The van der Waals surface area contributed by atoms with Gasteiger partial charge in [0.25, 0.3) is 5.91 Å². The maximum Gasteiger partial charge on any atom is 0.291 e. The zero-order valence-electron chi connectivity index (χ0n) is 19.2. The fraction of sp³-hybridized carbons (Fsp3) is 0.231. The Balaban J connectivity index is 1.39. The first kappa shape index (κ1) is 22.2. The van der Waals surface area contributed by atoms with Crippen LogP contribution in [0.3, 0.4) is 0 Å². The average Bonchev–Trinajstić information content (AvgIpc) is 3.40. The minimum absolute atomic E-state index is 0.214. The number of aryl methyl sites for hydroxylation is 2. The molecule has 2 heterocycles. The van der Waals surface area contributed by atoms with Gasteiger partial charge in [-0.1, -0.05) is 29.8 Å². The van der Waals surface area contributed by atoms with Crippen LogP contribution in [0.2, 0.25) is 0 Å². The summed E-state index contributed by atoms with van der Waals surface area (Å²) in [6.07, 6.45) is 0. The van der Waals surface area contributed by atoms with Crippen LogP contribution in [0, 0.1) is 20.8 Å². The summed E-state index contributed by atoms with van der Waals surface area (Å²) in [4.78, 5) is 12.8. The Bertz CT molecular complexity index is 1240. The fourth-order valence-electron chi connectivity index (χ4n) is 3.48. The van der Waals surface area contributed by atoms with Gasteiger partial charge in [0.1, 0.15) is 23.9 Å². The van der Waals surface area contributed by atoms with E-state index in [0.717, 1.165) is 22.7 Å². The molecule has 0 bridgehead atoms. The molecule has 0 unspecified atom stereocenters. The third-order valence-electron chi connectivity index (χ3n) is 5.40. The molecular weight excluding hydrogens is 418 g/mol. The van der Waals surface area contributed by atoms with Crippen molar-refractivity contribution >= 4 is 11.6 Å². The van der Waals surface area contributed by atoms with Crippen LogP contribution in [-0.2, 0) is 13.2 Å². The summed E-state index contributed by atoms with van der Waals surface area (Å²) in [6, 6.07) is 19.0. The van der Waals surface area contributed by atoms with Crippen LogP contribution in [0.15, 0.2) is 65.1 Å². The first-order valence-electron chi connectivity index (χ1n) is 10.7. The molecule has 2 aromatic carbocycles. The van der Waals surface area contributed by atoms with E-state index in [1.807, 2.05) is 42.8 Å². The highest BCUT2D eigenvalue weighted by atomic mass is 16.5. The van der Waals surface area contributed by atoms with Crippen LogP contribution in [0.5, 0.6) is 11.5 Å². The number of hydrogen-bond donors (Lipinski definition) is 1. The number of aromatic nitrogens is 2. The van der Waals surface area contributed by atoms with E-state index in [9.17, 15) is 4.79 Å². The smallest absolute Gasteiger partial charge is 0.291 e. The maximum atomic E-state index is 12.8. The molecule has 4 rings (SSSR count). The highest BCUT2D eigenvalue weighted by molar-refractivity contribution is 6.02. The third-order valence-corrected chi connectivity index (χ3v) is 5.40. The van der Waals surface area contributed by atoms with Gasteiger partial charge in [-0.15, -0.1) is 0 Å². The van der Waals surface area contributed by atoms with E-state index in [0.29, 0.717) is 23.7 Å². The minimum atomic E-state index is -0.327. The molecular formula is C26H27N3O4. The SMILES string of the molecule is COc1ccc(OCc2ccc(C(=O)Nc3c(C)nn(Cc4ccc(C)cc4)c3C)o2)cc1. The second-order valence-corrected chi connectivity index (χ2v) is 7.87. The normalized spacial score (nSPS) is 10.8. The molecule has 170 valence electrons. The summed E-state index contributed by atoms with van der Waals surface area (Å²) >= 11 is 0. The van der Waals surface area contributed by atoms with Gasteiger partial charge in [-0.25, -0.2) is 0 Å². The van der Waals surface area contributed by atoms with E-state index in [1.54, 1.807) is 19.2 Å². The van der Waals surface area contributed by atoms with Crippen LogP contribution in [0.4, 0.5) is 5.69 Å². The summed E-state index contributed by atoms with van der Waals surface area (Å²) < 4.78 is 18.4. The van der Waals surface area contributed by atoms with Crippen molar-refractivity contribution in [2.45, 2.75) is 33.9 Å². The van der Waals surface area contributed by atoms with Crippen molar-refractivity contribution < 1.29 is 18.7 Å². The molecule has 0 saturated carbocycles. The third kappa shape index (κ3) is 5.26. The van der Waals surface area contributed by atoms with Crippen molar-refractivity contribution in [2.75, 3.05) is 12.4 Å². The van der Waals surface area contributed by atoms with Gasteiger partial charge < -0.3 is 19.2 Å². The number of ether oxygens (including phenoxy) is 2. The monoisotopic (exact) mass is 445 g/mol. The van der Waals surface area contributed by atoms with Gasteiger partial charge in [0.05, 0.1) is 30.7 Å². The van der Waals surface area contributed by atoms with Crippen LogP contribution in [-0.4, -0.2) is 22.8 Å². The number of hydrogen-bond acceptors (Lipinski definition) is 5. The molecule has 7 heteroatoms. The number of benzene rings is 2. The Morgan fingerprint density at radius 3 is 2.36 bits per heavy atom. The Morgan fingerprint density at radius 2 is 1.67 bits per heavy atom. The lowest BCUT2D eigenvalue weighted by atomic mass is 10.1. The Hall–Kier alpha value is -4.00. The van der Waals surface area contributed by atoms with E-state index in [1.165, 1.54) is 5.56 Å². The minimum Gasteiger partial charge on any atom is -0.497 e. The molecule has 0 aliphatic carbocycles.